The first kappa shape index (κ1) is 20.7. The highest BCUT2D eigenvalue weighted by atomic mass is 16.6. The molecule has 22 heavy (non-hydrogen) atoms. The Morgan fingerprint density at radius 1 is 1.00 bits per heavy atom. The molecule has 128 valence electrons. The predicted molar refractivity (Wildman–Crippen MR) is 88.7 cm³/mol. The van der Waals surface area contributed by atoms with Crippen LogP contribution in [0.4, 0.5) is 0 Å². The average molecular weight is 312 g/mol. The second kappa shape index (κ2) is 8.96. The van der Waals surface area contributed by atoms with Crippen molar-refractivity contribution in [3.05, 3.63) is 11.1 Å². The fourth-order valence-corrected chi connectivity index (χ4v) is 2.45. The van der Waals surface area contributed by atoms with Crippen molar-refractivity contribution in [3.63, 3.8) is 0 Å². The highest BCUT2D eigenvalue weighted by molar-refractivity contribution is 5.99. The second-order valence-electron chi connectivity index (χ2n) is 7.36. The minimum Gasteiger partial charge on any atom is -0.478 e. The third-order valence-corrected chi connectivity index (χ3v) is 3.31. The fraction of sp³-hybridized carbons (Fsp3) is 0.778. The first-order valence-corrected chi connectivity index (χ1v) is 8.18. The lowest BCUT2D eigenvalue weighted by molar-refractivity contribution is -0.153. The molecule has 0 aliphatic carbocycles. The van der Waals surface area contributed by atoms with E-state index in [0.717, 1.165) is 12.8 Å². The first-order valence-electron chi connectivity index (χ1n) is 8.18. The van der Waals surface area contributed by atoms with Crippen molar-refractivity contribution in [1.82, 2.24) is 0 Å². The Labute approximate surface area is 134 Å². The molecule has 0 heterocycles. The van der Waals surface area contributed by atoms with Crippen LogP contribution in [0, 0.1) is 11.8 Å². The van der Waals surface area contributed by atoms with Gasteiger partial charge in [-0.15, -0.1) is 0 Å². The van der Waals surface area contributed by atoms with Crippen LogP contribution in [0.3, 0.4) is 0 Å². The van der Waals surface area contributed by atoms with Gasteiger partial charge in [0, 0.05) is 11.1 Å². The minimum absolute atomic E-state index is 0.171. The van der Waals surface area contributed by atoms with Gasteiger partial charge in [-0.2, -0.15) is 0 Å². The number of carboxylic acids is 1. The molecule has 0 bridgehead atoms. The van der Waals surface area contributed by atoms with Gasteiger partial charge in [0.2, 0.25) is 0 Å². The third kappa shape index (κ3) is 7.62. The topological polar surface area (TPSA) is 63.6 Å². The lowest BCUT2D eigenvalue weighted by Gasteiger charge is -2.26. The molecule has 0 aromatic rings. The van der Waals surface area contributed by atoms with Gasteiger partial charge >= 0.3 is 11.9 Å². The second-order valence-corrected chi connectivity index (χ2v) is 7.36. The van der Waals surface area contributed by atoms with Crippen LogP contribution in [-0.4, -0.2) is 22.6 Å². The molecule has 0 rings (SSSR count). The Kier molecular flexibility index (Phi) is 8.43. The van der Waals surface area contributed by atoms with E-state index in [4.69, 9.17) is 4.74 Å². The lowest BCUT2D eigenvalue weighted by atomic mass is 9.92. The Balaban J connectivity index is 5.58. The van der Waals surface area contributed by atoms with Crippen molar-refractivity contribution in [3.8, 4) is 0 Å². The first-order chi connectivity index (χ1) is 10.00. The number of rotatable bonds is 9. The summed E-state index contributed by atoms with van der Waals surface area (Å²) in [7, 11) is 0. The van der Waals surface area contributed by atoms with E-state index in [1.54, 1.807) is 0 Å². The summed E-state index contributed by atoms with van der Waals surface area (Å²) in [4.78, 5) is 24.1. The van der Waals surface area contributed by atoms with Crippen LogP contribution in [0.15, 0.2) is 11.1 Å². The summed E-state index contributed by atoms with van der Waals surface area (Å²) in [6.07, 6.45) is 2.46. The molecule has 0 aromatic heterocycles. The van der Waals surface area contributed by atoms with Gasteiger partial charge in [0.25, 0.3) is 0 Å². The molecule has 0 atom stereocenters. The van der Waals surface area contributed by atoms with Crippen LogP contribution in [0.25, 0.3) is 0 Å². The molecule has 0 saturated carbocycles. The van der Waals surface area contributed by atoms with Gasteiger partial charge in [0.05, 0.1) is 0 Å². The van der Waals surface area contributed by atoms with Crippen LogP contribution >= 0.6 is 0 Å². The summed E-state index contributed by atoms with van der Waals surface area (Å²) in [6.45, 7) is 13.6. The standard InChI is InChI=1S/C18H32O4/c1-8-9-18(6,7)22-17(21)15(11-13(4)5)14(16(19)20)10-12(2)3/h12-13H,8-11H2,1-7H3,(H,19,20)/b15-14-. The van der Waals surface area contributed by atoms with Crippen molar-refractivity contribution < 1.29 is 19.4 Å². The van der Waals surface area contributed by atoms with E-state index in [9.17, 15) is 14.7 Å². The summed E-state index contributed by atoms with van der Waals surface area (Å²) in [5, 5.41) is 9.49. The van der Waals surface area contributed by atoms with Gasteiger partial charge in [0.15, 0.2) is 0 Å². The Hall–Kier alpha value is -1.32. The number of aliphatic carboxylic acids is 1. The number of carbonyl (C=O) groups excluding carboxylic acids is 1. The van der Waals surface area contributed by atoms with Gasteiger partial charge in [-0.1, -0.05) is 41.0 Å². The van der Waals surface area contributed by atoms with Crippen LogP contribution in [-0.2, 0) is 14.3 Å². The Bertz CT molecular complexity index is 417. The predicted octanol–water partition coefficient (Wildman–Crippen LogP) is 4.58. The molecular formula is C18H32O4. The quantitative estimate of drug-likeness (QED) is 0.500. The zero-order valence-electron chi connectivity index (χ0n) is 15.2. The van der Waals surface area contributed by atoms with Crippen LogP contribution in [0.5, 0.6) is 0 Å². The minimum atomic E-state index is -1.02. The molecule has 0 amide bonds. The molecule has 0 aliphatic rings. The van der Waals surface area contributed by atoms with E-state index in [1.807, 2.05) is 48.5 Å². The van der Waals surface area contributed by atoms with E-state index in [-0.39, 0.29) is 17.4 Å². The lowest BCUT2D eigenvalue weighted by Crippen LogP contribution is -2.30. The van der Waals surface area contributed by atoms with E-state index in [0.29, 0.717) is 18.4 Å². The number of carboxylic acid groups (broad SMARTS) is 1. The Morgan fingerprint density at radius 2 is 1.45 bits per heavy atom. The third-order valence-electron chi connectivity index (χ3n) is 3.31. The molecule has 0 aromatic carbocycles. The molecule has 4 heteroatoms. The van der Waals surface area contributed by atoms with Crippen molar-refractivity contribution in [2.75, 3.05) is 0 Å². The summed E-state index contributed by atoms with van der Waals surface area (Å²) >= 11 is 0. The van der Waals surface area contributed by atoms with Crippen LogP contribution in [0.1, 0.15) is 74.1 Å². The van der Waals surface area contributed by atoms with E-state index < -0.39 is 17.5 Å². The zero-order valence-corrected chi connectivity index (χ0v) is 15.2. The van der Waals surface area contributed by atoms with E-state index in [1.165, 1.54) is 0 Å². The van der Waals surface area contributed by atoms with Crippen molar-refractivity contribution in [1.29, 1.82) is 0 Å². The van der Waals surface area contributed by atoms with E-state index in [2.05, 4.69) is 0 Å². The van der Waals surface area contributed by atoms with Gasteiger partial charge in [0.1, 0.15) is 5.60 Å². The van der Waals surface area contributed by atoms with E-state index >= 15 is 0 Å². The molecule has 0 aliphatic heterocycles. The molecule has 1 N–H and O–H groups in total. The summed E-state index contributed by atoms with van der Waals surface area (Å²) < 4.78 is 5.59. The maximum Gasteiger partial charge on any atom is 0.335 e. The van der Waals surface area contributed by atoms with Gasteiger partial charge in [-0.05, 0) is 44.9 Å². The molecule has 0 saturated heterocycles. The molecule has 0 spiro atoms. The van der Waals surface area contributed by atoms with Crippen molar-refractivity contribution in [2.45, 2.75) is 79.8 Å². The zero-order chi connectivity index (χ0) is 17.5. The molecule has 0 radical (unpaired) electrons. The number of carbonyl (C=O) groups is 2. The number of ether oxygens (including phenoxy) is 1. The number of hydrogen-bond acceptors (Lipinski definition) is 3. The van der Waals surface area contributed by atoms with Gasteiger partial charge < -0.3 is 9.84 Å². The molecule has 4 nitrogen and oxygen atoms in total. The molecule has 0 unspecified atom stereocenters. The smallest absolute Gasteiger partial charge is 0.335 e. The fourth-order valence-electron chi connectivity index (χ4n) is 2.45. The van der Waals surface area contributed by atoms with Crippen molar-refractivity contribution in [2.24, 2.45) is 11.8 Å². The highest BCUT2D eigenvalue weighted by Crippen LogP contribution is 2.26. The van der Waals surface area contributed by atoms with Gasteiger partial charge in [-0.25, -0.2) is 9.59 Å². The summed E-state index contributed by atoms with van der Waals surface area (Å²) in [5.41, 5.74) is -0.0587. The number of esters is 1. The maximum absolute atomic E-state index is 12.6. The Morgan fingerprint density at radius 3 is 1.82 bits per heavy atom. The van der Waals surface area contributed by atoms with Crippen LogP contribution in [0.2, 0.25) is 0 Å². The number of hydrogen-bond donors (Lipinski definition) is 1. The molecular weight excluding hydrogens is 280 g/mol. The van der Waals surface area contributed by atoms with Crippen molar-refractivity contribution >= 4 is 11.9 Å². The monoisotopic (exact) mass is 312 g/mol. The maximum atomic E-state index is 12.6. The average Bonchev–Trinajstić information content (AvgIpc) is 2.31. The summed E-state index contributed by atoms with van der Waals surface area (Å²) in [5.74, 6) is -1.14. The molecule has 0 fully saturated rings. The SMILES string of the molecule is CCCC(C)(C)OC(=O)/C(CC(C)C)=C(/CC(C)C)C(=O)O. The normalized spacial score (nSPS) is 13.3. The summed E-state index contributed by atoms with van der Waals surface area (Å²) in [6, 6.07) is 0. The highest BCUT2D eigenvalue weighted by Gasteiger charge is 2.28. The van der Waals surface area contributed by atoms with Crippen LogP contribution < -0.4 is 0 Å². The van der Waals surface area contributed by atoms with Gasteiger partial charge in [-0.3, -0.25) is 0 Å². The largest absolute Gasteiger partial charge is 0.478 e.